The Balaban J connectivity index is 1.42. The molecule has 5 atom stereocenters. The number of nitrogens with one attached hydrogen (secondary N) is 2. The van der Waals surface area contributed by atoms with Crippen LogP contribution in [0.4, 0.5) is 15.1 Å². The molecule has 2 aliphatic rings. The zero-order valence-electron chi connectivity index (χ0n) is 26.4. The van der Waals surface area contributed by atoms with Crippen LogP contribution in [0.15, 0.2) is 42.9 Å². The van der Waals surface area contributed by atoms with E-state index >= 15 is 0 Å². The molecule has 11 nitrogen and oxygen atoms in total. The minimum atomic E-state index is -0.859. The summed E-state index contributed by atoms with van der Waals surface area (Å²) in [6, 6.07) is 4.52. The van der Waals surface area contributed by atoms with E-state index in [4.69, 9.17) is 4.74 Å². The highest BCUT2D eigenvalue weighted by molar-refractivity contribution is 5.92. The molecule has 0 spiro atoms. The van der Waals surface area contributed by atoms with E-state index in [1.165, 1.54) is 24.1 Å². The highest BCUT2D eigenvalue weighted by Gasteiger charge is 2.53. The zero-order chi connectivity index (χ0) is 31.9. The van der Waals surface area contributed by atoms with Gasteiger partial charge in [0.05, 0.1) is 12.1 Å². The molecule has 2 aromatic heterocycles. The molecular weight excluding hydrogens is 565 g/mol. The van der Waals surface area contributed by atoms with Gasteiger partial charge in [-0.1, -0.05) is 13.8 Å². The number of amides is 3. The SMILES string of the molecule is CC(C)C(NC(=O)C(C)N(C)C(=O)OC(C)(C)C)C(=O)N1CCC2C1C(c1c[nH]c3cc(F)ccc13)CN2c1ncccn1. The number of nitrogens with zero attached hydrogens (tertiary/aromatic N) is 5. The number of H-pyrrole nitrogens is 1. The van der Waals surface area contributed by atoms with Crippen LogP contribution in [0.25, 0.3) is 10.9 Å². The Bertz CT molecular complexity index is 1520. The molecule has 1 aromatic carbocycles. The number of aromatic nitrogens is 3. The van der Waals surface area contributed by atoms with Crippen molar-refractivity contribution in [1.82, 2.24) is 30.1 Å². The molecule has 2 fully saturated rings. The molecule has 2 aliphatic heterocycles. The Labute approximate surface area is 257 Å². The van der Waals surface area contributed by atoms with Gasteiger partial charge in [-0.05, 0) is 69.9 Å². The van der Waals surface area contributed by atoms with Crippen molar-refractivity contribution in [1.29, 1.82) is 0 Å². The number of carbonyl (C=O) groups is 3. The van der Waals surface area contributed by atoms with Crippen LogP contribution in [-0.2, 0) is 14.3 Å². The van der Waals surface area contributed by atoms with Gasteiger partial charge in [-0.3, -0.25) is 14.5 Å². The van der Waals surface area contributed by atoms with E-state index in [9.17, 15) is 18.8 Å². The van der Waals surface area contributed by atoms with E-state index in [-0.39, 0.29) is 35.6 Å². The van der Waals surface area contributed by atoms with Gasteiger partial charge in [0.2, 0.25) is 17.8 Å². The van der Waals surface area contributed by atoms with Crippen molar-refractivity contribution in [2.24, 2.45) is 5.92 Å². The van der Waals surface area contributed by atoms with Crippen LogP contribution in [0, 0.1) is 11.7 Å². The molecule has 12 heteroatoms. The molecule has 2 N–H and O–H groups in total. The standard InChI is InChI=1S/C32H42FN7O4/c1-18(2)26(37-28(41)19(3)38(7)31(43)44-32(4,5)6)29(42)39-14-11-25-27(39)23(17-40(25)30-34-12-8-13-35-30)22-16-36-24-15-20(33)9-10-21(22)24/h8-10,12-13,15-16,18-19,23,25-27,36H,11,14,17H2,1-7H3,(H,37,41). The second-order valence-electron chi connectivity index (χ2n) is 13.1. The van der Waals surface area contributed by atoms with Crippen molar-refractivity contribution in [2.75, 3.05) is 25.0 Å². The number of likely N-dealkylation sites (N-methyl/N-ethyl adjacent to an activating group) is 1. The molecule has 0 saturated carbocycles. The average Bonchev–Trinajstić information content (AvgIpc) is 3.68. The molecule has 3 amide bonds. The predicted octanol–water partition coefficient (Wildman–Crippen LogP) is 4.07. The van der Waals surface area contributed by atoms with Gasteiger partial charge in [-0.15, -0.1) is 0 Å². The summed E-state index contributed by atoms with van der Waals surface area (Å²) in [5.74, 6) is -0.682. The Hall–Kier alpha value is -4.22. The van der Waals surface area contributed by atoms with Crippen LogP contribution in [-0.4, -0.2) is 92.6 Å². The first-order chi connectivity index (χ1) is 20.8. The lowest BCUT2D eigenvalue weighted by molar-refractivity contribution is -0.139. The molecule has 5 unspecified atom stereocenters. The molecule has 5 rings (SSSR count). The number of carbonyl (C=O) groups excluding carboxylic acids is 3. The van der Waals surface area contributed by atoms with E-state index in [1.54, 1.807) is 52.2 Å². The van der Waals surface area contributed by atoms with Gasteiger partial charge in [0, 0.05) is 55.5 Å². The summed E-state index contributed by atoms with van der Waals surface area (Å²) in [5.41, 5.74) is 0.975. The van der Waals surface area contributed by atoms with Crippen LogP contribution in [0.2, 0.25) is 0 Å². The number of halogens is 1. The summed E-state index contributed by atoms with van der Waals surface area (Å²) in [5, 5.41) is 3.83. The minimum Gasteiger partial charge on any atom is -0.444 e. The van der Waals surface area contributed by atoms with E-state index in [0.29, 0.717) is 31.0 Å². The van der Waals surface area contributed by atoms with Gasteiger partial charge in [-0.2, -0.15) is 0 Å². The Morgan fingerprint density at radius 2 is 1.86 bits per heavy atom. The second-order valence-corrected chi connectivity index (χ2v) is 13.1. The van der Waals surface area contributed by atoms with Crippen molar-refractivity contribution >= 4 is 34.8 Å². The second kappa shape index (κ2) is 12.0. The number of aromatic amines is 1. The number of anilines is 1. The van der Waals surface area contributed by atoms with Crippen LogP contribution in [0.5, 0.6) is 0 Å². The van der Waals surface area contributed by atoms with E-state index in [2.05, 4.69) is 25.2 Å². The van der Waals surface area contributed by atoms with Gasteiger partial charge in [0.1, 0.15) is 23.5 Å². The van der Waals surface area contributed by atoms with Crippen molar-refractivity contribution in [2.45, 2.75) is 83.6 Å². The van der Waals surface area contributed by atoms with Gasteiger partial charge < -0.3 is 24.8 Å². The van der Waals surface area contributed by atoms with Crippen LogP contribution in [0.1, 0.15) is 59.4 Å². The third-order valence-corrected chi connectivity index (χ3v) is 8.67. The molecule has 0 radical (unpaired) electrons. The smallest absolute Gasteiger partial charge is 0.410 e. The van der Waals surface area contributed by atoms with Gasteiger partial charge in [0.15, 0.2) is 0 Å². The Morgan fingerprint density at radius 1 is 1.16 bits per heavy atom. The Morgan fingerprint density at radius 3 is 2.52 bits per heavy atom. The molecule has 0 bridgehead atoms. The highest BCUT2D eigenvalue weighted by Crippen LogP contribution is 2.44. The topological polar surface area (TPSA) is 124 Å². The summed E-state index contributed by atoms with van der Waals surface area (Å²) < 4.78 is 19.4. The monoisotopic (exact) mass is 607 g/mol. The number of hydrogen-bond acceptors (Lipinski definition) is 7. The number of rotatable bonds is 7. The van der Waals surface area contributed by atoms with Crippen molar-refractivity contribution in [3.8, 4) is 0 Å². The maximum Gasteiger partial charge on any atom is 0.410 e. The fourth-order valence-electron chi connectivity index (χ4n) is 6.35. The predicted molar refractivity (Wildman–Crippen MR) is 165 cm³/mol. The Kier molecular flexibility index (Phi) is 8.55. The lowest BCUT2D eigenvalue weighted by Gasteiger charge is -2.34. The minimum absolute atomic E-state index is 0.0440. The van der Waals surface area contributed by atoms with E-state index in [1.807, 2.05) is 24.9 Å². The fraction of sp³-hybridized carbons (Fsp3) is 0.531. The average molecular weight is 608 g/mol. The third kappa shape index (κ3) is 6.07. The van der Waals surface area contributed by atoms with Crippen LogP contribution in [0.3, 0.4) is 0 Å². The van der Waals surface area contributed by atoms with Gasteiger partial charge in [-0.25, -0.2) is 19.2 Å². The first-order valence-electron chi connectivity index (χ1n) is 15.1. The number of ether oxygens (including phenoxy) is 1. The van der Waals surface area contributed by atoms with E-state index in [0.717, 1.165) is 10.9 Å². The van der Waals surface area contributed by atoms with Crippen molar-refractivity contribution in [3.05, 3.63) is 54.2 Å². The quantitative estimate of drug-likeness (QED) is 0.415. The van der Waals surface area contributed by atoms with E-state index < -0.39 is 29.7 Å². The van der Waals surface area contributed by atoms with Gasteiger partial charge in [0.25, 0.3) is 0 Å². The molecule has 0 aliphatic carbocycles. The number of hydrogen-bond donors (Lipinski definition) is 2. The summed E-state index contributed by atoms with van der Waals surface area (Å²) in [6.45, 7) is 11.7. The van der Waals surface area contributed by atoms with Crippen molar-refractivity contribution in [3.63, 3.8) is 0 Å². The molecule has 236 valence electrons. The highest BCUT2D eigenvalue weighted by atomic mass is 19.1. The van der Waals surface area contributed by atoms with Crippen LogP contribution < -0.4 is 10.2 Å². The molecule has 4 heterocycles. The fourth-order valence-corrected chi connectivity index (χ4v) is 6.35. The lowest BCUT2D eigenvalue weighted by Crippen LogP contribution is -2.57. The number of benzene rings is 1. The summed E-state index contributed by atoms with van der Waals surface area (Å²) in [6.07, 6.45) is 5.40. The first-order valence-corrected chi connectivity index (χ1v) is 15.1. The number of likely N-dealkylation sites (tertiary alicyclic amines) is 1. The van der Waals surface area contributed by atoms with Crippen molar-refractivity contribution < 1.29 is 23.5 Å². The largest absolute Gasteiger partial charge is 0.444 e. The first kappa shape index (κ1) is 31.2. The molecule has 2 saturated heterocycles. The third-order valence-electron chi connectivity index (χ3n) is 8.67. The maximum absolute atomic E-state index is 14.3. The van der Waals surface area contributed by atoms with Gasteiger partial charge >= 0.3 is 6.09 Å². The molecule has 3 aromatic rings. The number of fused-ring (bicyclic) bond motifs is 2. The molecule has 44 heavy (non-hydrogen) atoms. The summed E-state index contributed by atoms with van der Waals surface area (Å²) >= 11 is 0. The maximum atomic E-state index is 14.3. The normalized spacial score (nSPS) is 21.3. The van der Waals surface area contributed by atoms with Crippen LogP contribution >= 0.6 is 0 Å². The zero-order valence-corrected chi connectivity index (χ0v) is 26.4. The summed E-state index contributed by atoms with van der Waals surface area (Å²) in [7, 11) is 1.51. The molecular formula is C32H42FN7O4. The summed E-state index contributed by atoms with van der Waals surface area (Å²) in [4.78, 5) is 57.8. The lowest BCUT2D eigenvalue weighted by atomic mass is 9.90.